The second-order valence-corrected chi connectivity index (χ2v) is 3.05. The highest BCUT2D eigenvalue weighted by Gasteiger charge is 2.04. The van der Waals surface area contributed by atoms with Crippen LogP contribution in [0.5, 0.6) is 0 Å². The summed E-state index contributed by atoms with van der Waals surface area (Å²) in [6, 6.07) is 0. The number of hydrogen-bond acceptors (Lipinski definition) is 5. The summed E-state index contributed by atoms with van der Waals surface area (Å²) in [5.74, 6) is -0.277. The highest BCUT2D eigenvalue weighted by Crippen LogP contribution is 2.13. The summed E-state index contributed by atoms with van der Waals surface area (Å²) in [5.41, 5.74) is 0. The summed E-state index contributed by atoms with van der Waals surface area (Å²) in [7, 11) is -0.728. The lowest BCUT2D eigenvalue weighted by molar-refractivity contribution is -0.118. The number of amides is 3. The zero-order valence-electron chi connectivity index (χ0n) is 8.96. The Balaban J connectivity index is 3.43. The maximum Gasteiger partial charge on any atom is 0.413 e. The Bertz CT molecular complexity index is 260. The molecule has 0 aromatic heterocycles. The number of rotatable bonds is 5. The molecule has 0 radical (unpaired) electrons. The van der Waals surface area contributed by atoms with Crippen molar-refractivity contribution in [1.29, 1.82) is 0 Å². The maximum absolute atomic E-state index is 10.9. The van der Waals surface area contributed by atoms with E-state index < -0.39 is 21.2 Å². The fourth-order valence-electron chi connectivity index (χ4n) is 0.554. The van der Waals surface area contributed by atoms with Gasteiger partial charge in [-0.3, -0.25) is 4.79 Å². The monoisotopic (exact) mass is 251 g/mol. The van der Waals surface area contributed by atoms with E-state index in [4.69, 9.17) is 0 Å². The first kappa shape index (κ1) is 14.4. The summed E-state index contributed by atoms with van der Waals surface area (Å²) in [6.07, 6.45) is -1.44. The van der Waals surface area contributed by atoms with Gasteiger partial charge in [0.05, 0.1) is 6.67 Å². The normalized spacial score (nSPS) is 9.62. The number of hydrogen-bond donors (Lipinski definition) is 3. The third kappa shape index (κ3) is 9.01. The number of carbonyl (C=O) groups is 3. The van der Waals surface area contributed by atoms with Crippen molar-refractivity contribution in [1.82, 2.24) is 16.0 Å². The van der Waals surface area contributed by atoms with Gasteiger partial charge in [0.25, 0.3) is 9.03 Å². The SMILES string of the molecule is CCNC(=O)OPOC(=O)NCNC(C)=O. The van der Waals surface area contributed by atoms with Crippen LogP contribution in [0.2, 0.25) is 0 Å². The lowest BCUT2D eigenvalue weighted by Gasteiger charge is -2.06. The van der Waals surface area contributed by atoms with Crippen LogP contribution in [0.25, 0.3) is 0 Å². The van der Waals surface area contributed by atoms with E-state index in [1.165, 1.54) is 6.92 Å². The average molecular weight is 251 g/mol. The van der Waals surface area contributed by atoms with Crippen molar-refractivity contribution < 1.29 is 23.4 Å². The summed E-state index contributed by atoms with van der Waals surface area (Å²) in [4.78, 5) is 32.0. The molecule has 0 spiro atoms. The van der Waals surface area contributed by atoms with Crippen molar-refractivity contribution in [2.24, 2.45) is 0 Å². The van der Waals surface area contributed by atoms with Gasteiger partial charge in [-0.1, -0.05) is 0 Å². The van der Waals surface area contributed by atoms with E-state index in [9.17, 15) is 14.4 Å². The zero-order valence-corrected chi connectivity index (χ0v) is 9.96. The van der Waals surface area contributed by atoms with Gasteiger partial charge in [-0.15, -0.1) is 0 Å². The Labute approximate surface area is 94.4 Å². The highest BCUT2D eigenvalue weighted by atomic mass is 31.1. The van der Waals surface area contributed by atoms with Crippen molar-refractivity contribution in [2.45, 2.75) is 13.8 Å². The van der Waals surface area contributed by atoms with Crippen molar-refractivity contribution in [3.63, 3.8) is 0 Å². The Morgan fingerprint density at radius 3 is 2.12 bits per heavy atom. The van der Waals surface area contributed by atoms with E-state index in [0.717, 1.165) is 0 Å². The lowest BCUT2D eigenvalue weighted by atomic mass is 10.7. The predicted octanol–water partition coefficient (Wildman–Crippen LogP) is 0.0608. The number of carbonyl (C=O) groups excluding carboxylic acids is 3. The van der Waals surface area contributed by atoms with Gasteiger partial charge < -0.3 is 25.0 Å². The second kappa shape index (κ2) is 8.72. The fourth-order valence-corrected chi connectivity index (χ4v) is 0.891. The molecule has 0 bridgehead atoms. The van der Waals surface area contributed by atoms with Crippen molar-refractivity contribution in [2.75, 3.05) is 13.2 Å². The van der Waals surface area contributed by atoms with Gasteiger partial charge in [0.15, 0.2) is 0 Å². The Morgan fingerprint density at radius 1 is 1.06 bits per heavy atom. The maximum atomic E-state index is 10.9. The largest absolute Gasteiger partial charge is 0.413 e. The third-order valence-corrected chi connectivity index (χ3v) is 1.70. The molecule has 0 aliphatic rings. The molecule has 0 saturated carbocycles. The molecular formula is C7H14N3O5P. The second-order valence-electron chi connectivity index (χ2n) is 2.48. The quantitative estimate of drug-likeness (QED) is 0.473. The molecule has 8 nitrogen and oxygen atoms in total. The van der Waals surface area contributed by atoms with E-state index in [-0.39, 0.29) is 12.6 Å². The van der Waals surface area contributed by atoms with E-state index >= 15 is 0 Å². The van der Waals surface area contributed by atoms with Crippen molar-refractivity contribution in [3.8, 4) is 0 Å². The first-order valence-corrected chi connectivity index (χ1v) is 5.26. The first-order chi connectivity index (χ1) is 7.56. The molecule has 0 heterocycles. The predicted molar refractivity (Wildman–Crippen MR) is 56.8 cm³/mol. The molecule has 0 aromatic carbocycles. The van der Waals surface area contributed by atoms with E-state index in [2.05, 4.69) is 25.0 Å². The summed E-state index contributed by atoms with van der Waals surface area (Å²) >= 11 is 0. The molecule has 0 aliphatic heterocycles. The molecule has 1 atom stereocenters. The van der Waals surface area contributed by atoms with Crippen LogP contribution in [0.4, 0.5) is 9.59 Å². The number of nitrogens with one attached hydrogen (secondary N) is 3. The molecule has 0 fully saturated rings. The highest BCUT2D eigenvalue weighted by molar-refractivity contribution is 7.27. The van der Waals surface area contributed by atoms with Gasteiger partial charge >= 0.3 is 12.2 Å². The van der Waals surface area contributed by atoms with E-state index in [1.54, 1.807) is 6.92 Å². The molecule has 0 saturated heterocycles. The minimum Gasteiger partial charge on any atom is -0.392 e. The summed E-state index contributed by atoms with van der Waals surface area (Å²) in [5, 5.41) is 6.90. The van der Waals surface area contributed by atoms with Gasteiger partial charge in [0, 0.05) is 13.5 Å². The molecule has 1 unspecified atom stereocenters. The zero-order chi connectivity index (χ0) is 12.4. The molecule has 0 aromatic rings. The van der Waals surface area contributed by atoms with Crippen LogP contribution >= 0.6 is 9.03 Å². The van der Waals surface area contributed by atoms with Gasteiger partial charge in [-0.05, 0) is 6.92 Å². The van der Waals surface area contributed by atoms with Gasteiger partial charge in [0.1, 0.15) is 0 Å². The molecule has 16 heavy (non-hydrogen) atoms. The molecular weight excluding hydrogens is 237 g/mol. The Hall–Kier alpha value is -1.56. The standard InChI is InChI=1S/C7H14N3O5P/c1-3-8-6(12)14-16-15-7(13)10-4-9-5(2)11/h16H,3-4H2,1-2H3,(H,8,12)(H,9,11)(H,10,13). The fraction of sp³-hybridized carbons (Fsp3) is 0.571. The van der Waals surface area contributed by atoms with Crippen LogP contribution in [0, 0.1) is 0 Å². The van der Waals surface area contributed by atoms with Gasteiger partial charge in [-0.25, -0.2) is 9.59 Å². The van der Waals surface area contributed by atoms with Crippen LogP contribution < -0.4 is 16.0 Å². The average Bonchev–Trinajstić information content (AvgIpc) is 2.17. The van der Waals surface area contributed by atoms with Gasteiger partial charge in [0.2, 0.25) is 5.91 Å². The Kier molecular flexibility index (Phi) is 7.87. The summed E-state index contributed by atoms with van der Waals surface area (Å²) in [6.45, 7) is 3.43. The van der Waals surface area contributed by atoms with E-state index in [0.29, 0.717) is 6.54 Å². The molecule has 3 N–H and O–H groups in total. The minimum atomic E-state index is -0.781. The molecule has 0 aliphatic carbocycles. The van der Waals surface area contributed by atoms with Crippen molar-refractivity contribution >= 4 is 27.1 Å². The topological polar surface area (TPSA) is 106 Å². The van der Waals surface area contributed by atoms with Crippen LogP contribution in [-0.2, 0) is 13.8 Å². The Morgan fingerprint density at radius 2 is 1.62 bits per heavy atom. The molecule has 0 rings (SSSR count). The minimum absolute atomic E-state index is 0.0419. The van der Waals surface area contributed by atoms with Crippen LogP contribution in [0.15, 0.2) is 0 Å². The van der Waals surface area contributed by atoms with Crippen LogP contribution in [0.3, 0.4) is 0 Å². The van der Waals surface area contributed by atoms with Crippen molar-refractivity contribution in [3.05, 3.63) is 0 Å². The van der Waals surface area contributed by atoms with Crippen LogP contribution in [-0.4, -0.2) is 31.3 Å². The lowest BCUT2D eigenvalue weighted by Crippen LogP contribution is -2.35. The van der Waals surface area contributed by atoms with Gasteiger partial charge in [-0.2, -0.15) is 0 Å². The van der Waals surface area contributed by atoms with Crippen LogP contribution in [0.1, 0.15) is 13.8 Å². The first-order valence-electron chi connectivity index (χ1n) is 4.45. The molecule has 9 heteroatoms. The molecule has 3 amide bonds. The summed E-state index contributed by atoms with van der Waals surface area (Å²) < 4.78 is 8.97. The molecule has 92 valence electrons. The van der Waals surface area contributed by atoms with E-state index in [1.807, 2.05) is 0 Å². The smallest absolute Gasteiger partial charge is 0.392 e. The third-order valence-electron chi connectivity index (χ3n) is 1.16.